The Balaban J connectivity index is 2.47. The van der Waals surface area contributed by atoms with Crippen molar-refractivity contribution in [2.24, 2.45) is 5.41 Å². The summed E-state index contributed by atoms with van der Waals surface area (Å²) in [5.74, 6) is 0. The molecule has 5 heteroatoms. The van der Waals surface area contributed by atoms with E-state index in [9.17, 15) is 5.11 Å². The molecule has 0 radical (unpaired) electrons. The normalized spacial score (nSPS) is 13.5. The molecule has 1 rings (SSSR count). The first kappa shape index (κ1) is 17.7. The maximum absolute atomic E-state index is 10.2. The van der Waals surface area contributed by atoms with Crippen LogP contribution in [0.5, 0.6) is 0 Å². The highest BCUT2D eigenvalue weighted by atomic mass is 35.5. The van der Waals surface area contributed by atoms with Crippen LogP contribution in [0.4, 0.5) is 0 Å². The van der Waals surface area contributed by atoms with Gasteiger partial charge in [0.2, 0.25) is 0 Å². The van der Waals surface area contributed by atoms with Crippen molar-refractivity contribution in [2.45, 2.75) is 26.4 Å². The van der Waals surface area contributed by atoms with Crippen molar-refractivity contribution in [1.29, 1.82) is 0 Å². The number of aliphatic hydroxyl groups is 1. The maximum Gasteiger partial charge on any atom is 0.0929 e. The minimum atomic E-state index is -0.667. The van der Waals surface area contributed by atoms with Crippen LogP contribution in [-0.4, -0.2) is 31.9 Å². The van der Waals surface area contributed by atoms with Crippen LogP contribution in [0.3, 0.4) is 0 Å². The molecule has 0 aliphatic heterocycles. The molecule has 1 unspecified atom stereocenters. The van der Waals surface area contributed by atoms with E-state index in [1.165, 1.54) is 0 Å². The zero-order chi connectivity index (χ0) is 15.2. The number of nitrogens with one attached hydrogen (secondary N) is 1. The van der Waals surface area contributed by atoms with Gasteiger partial charge in [-0.1, -0.05) is 37.0 Å². The van der Waals surface area contributed by atoms with Crippen molar-refractivity contribution in [3.8, 4) is 0 Å². The number of aliphatic hydroxyl groups excluding tert-OH is 1. The standard InChI is InChI=1S/C15H23Cl2NO2/c1-15(2,6-7-20-3)10-18-9-14(19)12-8-11(16)4-5-13(12)17/h4-5,8,14,18-19H,6-7,9-10H2,1-3H3. The average molecular weight is 320 g/mol. The van der Waals surface area contributed by atoms with Crippen LogP contribution in [0.1, 0.15) is 31.9 Å². The van der Waals surface area contributed by atoms with Gasteiger partial charge in [-0.15, -0.1) is 0 Å². The Morgan fingerprint density at radius 2 is 2.05 bits per heavy atom. The number of halogens is 2. The molecule has 0 amide bonds. The van der Waals surface area contributed by atoms with E-state index in [-0.39, 0.29) is 5.41 Å². The number of ether oxygens (including phenoxy) is 1. The first-order valence-corrected chi connectivity index (χ1v) is 7.44. The lowest BCUT2D eigenvalue weighted by Gasteiger charge is -2.25. The van der Waals surface area contributed by atoms with Crippen molar-refractivity contribution in [2.75, 3.05) is 26.8 Å². The van der Waals surface area contributed by atoms with Gasteiger partial charge in [0.25, 0.3) is 0 Å². The largest absolute Gasteiger partial charge is 0.387 e. The summed E-state index contributed by atoms with van der Waals surface area (Å²) in [6.07, 6.45) is 0.296. The summed E-state index contributed by atoms with van der Waals surface area (Å²) in [4.78, 5) is 0. The van der Waals surface area contributed by atoms with E-state index in [0.717, 1.165) is 19.6 Å². The Kier molecular flexibility index (Phi) is 7.27. The third-order valence-electron chi connectivity index (χ3n) is 3.24. The minimum absolute atomic E-state index is 0.119. The van der Waals surface area contributed by atoms with Crippen LogP contribution in [-0.2, 0) is 4.74 Å². The van der Waals surface area contributed by atoms with Gasteiger partial charge in [0, 0.05) is 42.4 Å². The summed E-state index contributed by atoms with van der Waals surface area (Å²) < 4.78 is 5.09. The Labute approximate surface area is 131 Å². The summed E-state index contributed by atoms with van der Waals surface area (Å²) in [5.41, 5.74) is 0.773. The van der Waals surface area contributed by atoms with Crippen LogP contribution in [0.2, 0.25) is 10.0 Å². The Bertz CT molecular complexity index is 424. The molecule has 2 N–H and O–H groups in total. The zero-order valence-corrected chi connectivity index (χ0v) is 13.8. The SMILES string of the molecule is COCCC(C)(C)CNCC(O)c1cc(Cl)ccc1Cl. The molecule has 0 saturated heterocycles. The number of hydrogen-bond acceptors (Lipinski definition) is 3. The molecular weight excluding hydrogens is 297 g/mol. The van der Waals surface area contributed by atoms with Gasteiger partial charge >= 0.3 is 0 Å². The molecule has 0 aliphatic carbocycles. The highest BCUT2D eigenvalue weighted by molar-refractivity contribution is 6.33. The van der Waals surface area contributed by atoms with Gasteiger partial charge in [-0.2, -0.15) is 0 Å². The number of rotatable bonds is 8. The van der Waals surface area contributed by atoms with E-state index >= 15 is 0 Å². The minimum Gasteiger partial charge on any atom is -0.387 e. The van der Waals surface area contributed by atoms with Gasteiger partial charge < -0.3 is 15.2 Å². The molecule has 0 heterocycles. The smallest absolute Gasteiger partial charge is 0.0929 e. The van der Waals surface area contributed by atoms with E-state index in [0.29, 0.717) is 22.2 Å². The summed E-state index contributed by atoms with van der Waals surface area (Å²) in [5, 5.41) is 14.5. The molecule has 0 aliphatic rings. The van der Waals surface area contributed by atoms with Gasteiger partial charge in [-0.25, -0.2) is 0 Å². The Morgan fingerprint density at radius 1 is 1.35 bits per heavy atom. The fourth-order valence-electron chi connectivity index (χ4n) is 1.89. The quantitative estimate of drug-likeness (QED) is 0.768. The van der Waals surface area contributed by atoms with E-state index in [1.807, 2.05) is 0 Å². The third kappa shape index (κ3) is 5.98. The van der Waals surface area contributed by atoms with Crippen molar-refractivity contribution < 1.29 is 9.84 Å². The van der Waals surface area contributed by atoms with Crippen LogP contribution < -0.4 is 5.32 Å². The van der Waals surface area contributed by atoms with Crippen molar-refractivity contribution >= 4 is 23.2 Å². The molecule has 0 bridgehead atoms. The lowest BCUT2D eigenvalue weighted by Crippen LogP contribution is -2.33. The van der Waals surface area contributed by atoms with Gasteiger partial charge in [0.05, 0.1) is 6.10 Å². The van der Waals surface area contributed by atoms with Gasteiger partial charge in [0.15, 0.2) is 0 Å². The summed E-state index contributed by atoms with van der Waals surface area (Å²) in [7, 11) is 1.70. The second-order valence-corrected chi connectivity index (χ2v) is 6.56. The van der Waals surface area contributed by atoms with E-state index < -0.39 is 6.10 Å². The van der Waals surface area contributed by atoms with Gasteiger partial charge in [0.1, 0.15) is 0 Å². The monoisotopic (exact) mass is 319 g/mol. The lowest BCUT2D eigenvalue weighted by molar-refractivity contribution is 0.140. The second-order valence-electron chi connectivity index (χ2n) is 5.72. The topological polar surface area (TPSA) is 41.5 Å². The molecule has 1 aromatic carbocycles. The predicted molar refractivity (Wildman–Crippen MR) is 84.6 cm³/mol. The Morgan fingerprint density at radius 3 is 2.70 bits per heavy atom. The molecule has 0 saturated carbocycles. The molecule has 0 spiro atoms. The van der Waals surface area contributed by atoms with Crippen molar-refractivity contribution in [3.63, 3.8) is 0 Å². The highest BCUT2D eigenvalue weighted by Gasteiger charge is 2.18. The van der Waals surface area contributed by atoms with Crippen molar-refractivity contribution in [3.05, 3.63) is 33.8 Å². The third-order valence-corrected chi connectivity index (χ3v) is 3.82. The fraction of sp³-hybridized carbons (Fsp3) is 0.600. The molecule has 1 aromatic rings. The molecular formula is C15H23Cl2NO2. The van der Waals surface area contributed by atoms with Crippen molar-refractivity contribution in [1.82, 2.24) is 5.32 Å². The molecule has 114 valence electrons. The number of benzene rings is 1. The van der Waals surface area contributed by atoms with E-state index in [1.54, 1.807) is 25.3 Å². The van der Waals surface area contributed by atoms with Gasteiger partial charge in [-0.3, -0.25) is 0 Å². The second kappa shape index (κ2) is 8.20. The van der Waals surface area contributed by atoms with Crippen LogP contribution in [0.25, 0.3) is 0 Å². The molecule has 3 nitrogen and oxygen atoms in total. The first-order valence-electron chi connectivity index (χ1n) is 6.68. The predicted octanol–water partition coefficient (Wildman–Crippen LogP) is 3.68. The van der Waals surface area contributed by atoms with Crippen LogP contribution in [0.15, 0.2) is 18.2 Å². The summed E-state index contributed by atoms with van der Waals surface area (Å²) in [6, 6.07) is 5.11. The average Bonchev–Trinajstić information content (AvgIpc) is 2.39. The summed E-state index contributed by atoms with van der Waals surface area (Å²) >= 11 is 12.0. The first-order chi connectivity index (χ1) is 9.35. The molecule has 0 aromatic heterocycles. The van der Waals surface area contributed by atoms with E-state index in [2.05, 4.69) is 19.2 Å². The van der Waals surface area contributed by atoms with E-state index in [4.69, 9.17) is 27.9 Å². The maximum atomic E-state index is 10.2. The van der Waals surface area contributed by atoms with Crippen LogP contribution in [0, 0.1) is 5.41 Å². The highest BCUT2D eigenvalue weighted by Crippen LogP contribution is 2.26. The Hall–Kier alpha value is -0.320. The molecule has 0 fully saturated rings. The molecule has 1 atom stereocenters. The van der Waals surface area contributed by atoms with Gasteiger partial charge in [-0.05, 0) is 30.0 Å². The zero-order valence-electron chi connectivity index (χ0n) is 12.2. The fourth-order valence-corrected chi connectivity index (χ4v) is 2.32. The lowest BCUT2D eigenvalue weighted by atomic mass is 9.89. The summed E-state index contributed by atoms with van der Waals surface area (Å²) in [6.45, 7) is 6.30. The number of methoxy groups -OCH3 is 1. The number of hydrogen-bond donors (Lipinski definition) is 2. The molecule has 20 heavy (non-hydrogen) atoms. The van der Waals surface area contributed by atoms with Crippen LogP contribution >= 0.6 is 23.2 Å².